The van der Waals surface area contributed by atoms with Crippen molar-refractivity contribution in [2.24, 2.45) is 5.73 Å². The third kappa shape index (κ3) is 2.06. The van der Waals surface area contributed by atoms with E-state index < -0.39 is 23.5 Å². The van der Waals surface area contributed by atoms with Gasteiger partial charge in [-0.1, -0.05) is 0 Å². The van der Waals surface area contributed by atoms with Crippen LogP contribution in [-0.2, 0) is 4.79 Å². The third-order valence-electron chi connectivity index (χ3n) is 1.48. The zero-order chi connectivity index (χ0) is 10.0. The molecular weight excluding hydrogens is 176 g/mol. The van der Waals surface area contributed by atoms with Gasteiger partial charge in [0.1, 0.15) is 6.04 Å². The molecule has 1 aromatic heterocycles. The highest BCUT2D eigenvalue weighted by molar-refractivity contribution is 5.75. The Labute approximate surface area is 72.6 Å². The van der Waals surface area contributed by atoms with Gasteiger partial charge in [0.2, 0.25) is 0 Å². The summed E-state index contributed by atoms with van der Waals surface area (Å²) in [6.45, 7) is 0. The Morgan fingerprint density at radius 2 is 2.15 bits per heavy atom. The van der Waals surface area contributed by atoms with Crippen LogP contribution in [0.5, 0.6) is 5.88 Å². The second kappa shape index (κ2) is 3.28. The van der Waals surface area contributed by atoms with Crippen molar-refractivity contribution in [3.05, 3.63) is 28.0 Å². The quantitative estimate of drug-likeness (QED) is 0.478. The van der Waals surface area contributed by atoms with Crippen molar-refractivity contribution < 1.29 is 15.0 Å². The third-order valence-corrected chi connectivity index (χ3v) is 1.48. The van der Waals surface area contributed by atoms with Gasteiger partial charge in [-0.15, -0.1) is 0 Å². The van der Waals surface area contributed by atoms with Gasteiger partial charge in [0.15, 0.2) is 5.88 Å². The molecule has 1 heterocycles. The molecule has 0 saturated heterocycles. The molecule has 1 rings (SSSR count). The monoisotopic (exact) mass is 184 g/mol. The number of nitrogens with two attached hydrogens (primary N) is 1. The zero-order valence-electron chi connectivity index (χ0n) is 6.52. The van der Waals surface area contributed by atoms with Gasteiger partial charge in [-0.3, -0.25) is 14.6 Å². The summed E-state index contributed by atoms with van der Waals surface area (Å²) in [7, 11) is 0. The van der Waals surface area contributed by atoms with Crippen LogP contribution in [0.2, 0.25) is 0 Å². The minimum absolute atomic E-state index is 0.0637. The predicted molar refractivity (Wildman–Crippen MR) is 43.3 cm³/mol. The minimum Gasteiger partial charge on any atom is -0.495 e. The summed E-state index contributed by atoms with van der Waals surface area (Å²) in [5.41, 5.74) is 4.68. The van der Waals surface area contributed by atoms with Gasteiger partial charge in [-0.05, 0) is 5.56 Å². The average molecular weight is 184 g/mol. The largest absolute Gasteiger partial charge is 0.495 e. The number of aliphatic carboxylic acids is 1. The Kier molecular flexibility index (Phi) is 2.34. The number of pyridine rings is 1. The van der Waals surface area contributed by atoms with Gasteiger partial charge in [-0.25, -0.2) is 0 Å². The molecule has 0 aliphatic rings. The van der Waals surface area contributed by atoms with Crippen LogP contribution in [-0.4, -0.2) is 21.2 Å². The van der Waals surface area contributed by atoms with Gasteiger partial charge >= 0.3 is 5.97 Å². The first-order valence-electron chi connectivity index (χ1n) is 3.42. The van der Waals surface area contributed by atoms with E-state index in [1.807, 2.05) is 0 Å². The van der Waals surface area contributed by atoms with Crippen molar-refractivity contribution in [1.29, 1.82) is 0 Å². The lowest BCUT2D eigenvalue weighted by Gasteiger charge is -2.05. The lowest BCUT2D eigenvalue weighted by molar-refractivity contribution is -0.138. The van der Waals surface area contributed by atoms with E-state index in [-0.39, 0.29) is 5.56 Å². The molecule has 0 bridgehead atoms. The molecule has 6 heteroatoms. The van der Waals surface area contributed by atoms with E-state index in [0.717, 1.165) is 12.1 Å². The minimum atomic E-state index is -1.30. The molecule has 1 aromatic rings. The zero-order valence-corrected chi connectivity index (χ0v) is 6.52. The van der Waals surface area contributed by atoms with Crippen LogP contribution < -0.4 is 11.3 Å². The highest BCUT2D eigenvalue weighted by Crippen LogP contribution is 2.11. The maximum Gasteiger partial charge on any atom is 0.325 e. The normalized spacial score (nSPS) is 12.4. The summed E-state index contributed by atoms with van der Waals surface area (Å²) < 4.78 is 0. The van der Waals surface area contributed by atoms with Crippen LogP contribution >= 0.6 is 0 Å². The van der Waals surface area contributed by atoms with Crippen LogP contribution in [0, 0.1) is 0 Å². The molecule has 0 radical (unpaired) electrons. The molecule has 0 unspecified atom stereocenters. The molecule has 1 atom stereocenters. The van der Waals surface area contributed by atoms with E-state index in [1.165, 1.54) is 0 Å². The number of aromatic amines is 1. The first-order valence-corrected chi connectivity index (χ1v) is 3.42. The summed E-state index contributed by atoms with van der Waals surface area (Å²) >= 11 is 0. The molecule has 6 nitrogen and oxygen atoms in total. The summed E-state index contributed by atoms with van der Waals surface area (Å²) in [4.78, 5) is 23.2. The summed E-state index contributed by atoms with van der Waals surface area (Å²) in [5.74, 6) is -1.66. The molecule has 0 fully saturated rings. The molecule has 70 valence electrons. The maximum absolute atomic E-state index is 10.8. The Bertz CT molecular complexity index is 384. The number of hydrogen-bond acceptors (Lipinski definition) is 4. The Balaban J connectivity index is 3.15. The summed E-state index contributed by atoms with van der Waals surface area (Å²) in [6, 6.07) is 0.826. The lowest BCUT2D eigenvalue weighted by atomic mass is 10.1. The predicted octanol–water partition coefficient (Wildman–Crippen LogP) is -0.835. The van der Waals surface area contributed by atoms with Crippen LogP contribution in [0.15, 0.2) is 16.9 Å². The van der Waals surface area contributed by atoms with Crippen molar-refractivity contribution in [2.45, 2.75) is 6.04 Å². The van der Waals surface area contributed by atoms with Gasteiger partial charge in [0.25, 0.3) is 5.56 Å². The van der Waals surface area contributed by atoms with Gasteiger partial charge < -0.3 is 15.9 Å². The van der Waals surface area contributed by atoms with E-state index in [1.54, 1.807) is 0 Å². The van der Waals surface area contributed by atoms with Gasteiger partial charge in [-0.2, -0.15) is 0 Å². The average Bonchev–Trinajstić information content (AvgIpc) is 2.01. The first-order chi connectivity index (χ1) is 6.00. The topological polar surface area (TPSA) is 116 Å². The SMILES string of the molecule is N[C@H](C(=O)O)c1cc(O)[nH]c(=O)c1. The van der Waals surface area contributed by atoms with Gasteiger partial charge in [0, 0.05) is 12.1 Å². The number of carboxylic acids is 1. The molecule has 5 N–H and O–H groups in total. The molecule has 0 amide bonds. The van der Waals surface area contributed by atoms with E-state index in [2.05, 4.69) is 4.98 Å². The number of carbonyl (C=O) groups is 1. The fourth-order valence-electron chi connectivity index (χ4n) is 0.871. The fourth-order valence-corrected chi connectivity index (χ4v) is 0.871. The molecule has 13 heavy (non-hydrogen) atoms. The number of rotatable bonds is 2. The first kappa shape index (κ1) is 9.27. The van der Waals surface area contributed by atoms with E-state index in [9.17, 15) is 9.59 Å². The Morgan fingerprint density at radius 3 is 2.62 bits per heavy atom. The molecule has 0 saturated carbocycles. The number of aromatic hydroxyl groups is 1. The van der Waals surface area contributed by atoms with Crippen LogP contribution in [0.4, 0.5) is 0 Å². The van der Waals surface area contributed by atoms with Crippen LogP contribution in [0.1, 0.15) is 11.6 Å². The van der Waals surface area contributed by atoms with E-state index in [0.29, 0.717) is 0 Å². The standard InChI is InChI=1S/C7H8N2O4/c8-6(7(12)13)3-1-4(10)9-5(11)2-3/h1-2,6H,8H2,(H,12,13)(H2,9,10,11)/t6-/m0/s1. The van der Waals surface area contributed by atoms with Crippen molar-refractivity contribution in [3.63, 3.8) is 0 Å². The van der Waals surface area contributed by atoms with E-state index in [4.69, 9.17) is 15.9 Å². The molecule has 0 aliphatic carbocycles. The smallest absolute Gasteiger partial charge is 0.325 e. The van der Waals surface area contributed by atoms with Crippen LogP contribution in [0.3, 0.4) is 0 Å². The number of H-pyrrole nitrogens is 1. The second-order valence-corrected chi connectivity index (χ2v) is 2.48. The second-order valence-electron chi connectivity index (χ2n) is 2.48. The molecule has 0 aromatic carbocycles. The van der Waals surface area contributed by atoms with Crippen molar-refractivity contribution in [1.82, 2.24) is 4.98 Å². The fraction of sp³-hybridized carbons (Fsp3) is 0.143. The number of aromatic nitrogens is 1. The van der Waals surface area contributed by atoms with Crippen LogP contribution in [0.25, 0.3) is 0 Å². The Hall–Kier alpha value is -1.82. The maximum atomic E-state index is 10.8. The van der Waals surface area contributed by atoms with Crippen molar-refractivity contribution in [2.75, 3.05) is 0 Å². The van der Waals surface area contributed by atoms with Crippen molar-refractivity contribution >= 4 is 5.97 Å². The van der Waals surface area contributed by atoms with Crippen molar-refractivity contribution in [3.8, 4) is 5.88 Å². The number of carboxylic acid groups (broad SMARTS) is 1. The summed E-state index contributed by atoms with van der Waals surface area (Å²) in [6.07, 6.45) is 0. The molecule has 0 spiro atoms. The lowest BCUT2D eigenvalue weighted by Crippen LogP contribution is -2.22. The Morgan fingerprint density at radius 1 is 1.54 bits per heavy atom. The molecule has 0 aliphatic heterocycles. The molecular formula is C7H8N2O4. The number of nitrogens with one attached hydrogen (secondary N) is 1. The number of hydrogen-bond donors (Lipinski definition) is 4. The van der Waals surface area contributed by atoms with Gasteiger partial charge in [0.05, 0.1) is 0 Å². The van der Waals surface area contributed by atoms with E-state index >= 15 is 0 Å². The highest BCUT2D eigenvalue weighted by Gasteiger charge is 2.15. The summed E-state index contributed by atoms with van der Waals surface area (Å²) in [5, 5.41) is 17.4. The highest BCUT2D eigenvalue weighted by atomic mass is 16.4.